The number of rotatable bonds is 6. The minimum Gasteiger partial charge on any atom is -0.379 e. The molecule has 1 aliphatic heterocycles. The minimum absolute atomic E-state index is 0. The van der Waals surface area contributed by atoms with Gasteiger partial charge in [-0.2, -0.15) is 0 Å². The lowest BCUT2D eigenvalue weighted by Crippen LogP contribution is -2.45. The third-order valence-electron chi connectivity index (χ3n) is 3.51. The van der Waals surface area contributed by atoms with E-state index < -0.39 is 0 Å². The molecule has 20 heavy (non-hydrogen) atoms. The highest BCUT2D eigenvalue weighted by Gasteiger charge is 2.14. The van der Waals surface area contributed by atoms with Crippen LogP contribution in [0.4, 0.5) is 0 Å². The first-order valence-corrected chi connectivity index (χ1v) is 7.43. The van der Waals surface area contributed by atoms with E-state index >= 15 is 0 Å². The van der Waals surface area contributed by atoms with Gasteiger partial charge < -0.3 is 15.4 Å². The lowest BCUT2D eigenvalue weighted by Gasteiger charge is -2.29. The van der Waals surface area contributed by atoms with Crippen LogP contribution in [-0.4, -0.2) is 63.3 Å². The van der Waals surface area contributed by atoms with Crippen molar-refractivity contribution >= 4 is 29.9 Å². The number of nitrogens with zero attached hydrogens (tertiary/aromatic N) is 2. The Kier molecular flexibility index (Phi) is 11.5. The second-order valence-corrected chi connectivity index (χ2v) is 5.42. The van der Waals surface area contributed by atoms with E-state index in [1.165, 1.54) is 0 Å². The molecule has 5 nitrogen and oxygen atoms in total. The molecule has 0 radical (unpaired) electrons. The summed E-state index contributed by atoms with van der Waals surface area (Å²) < 4.78 is 5.37. The van der Waals surface area contributed by atoms with Gasteiger partial charge in [0.05, 0.1) is 13.2 Å². The van der Waals surface area contributed by atoms with Crippen LogP contribution < -0.4 is 10.6 Å². The number of aliphatic imine (C=N–C) groups is 1. The zero-order valence-electron chi connectivity index (χ0n) is 13.3. The summed E-state index contributed by atoms with van der Waals surface area (Å²) in [5.74, 6) is 1.51. The lowest BCUT2D eigenvalue weighted by molar-refractivity contribution is 0.0320. The number of nitrogens with one attached hydrogen (secondary N) is 2. The molecule has 2 unspecified atom stereocenters. The van der Waals surface area contributed by atoms with Crippen LogP contribution in [0.1, 0.15) is 27.2 Å². The zero-order valence-corrected chi connectivity index (χ0v) is 15.6. The van der Waals surface area contributed by atoms with Gasteiger partial charge in [-0.15, -0.1) is 24.0 Å². The van der Waals surface area contributed by atoms with Gasteiger partial charge in [0.25, 0.3) is 0 Å². The Balaban J connectivity index is 0.00000361. The molecule has 0 aromatic heterocycles. The molecule has 1 fully saturated rings. The van der Waals surface area contributed by atoms with Crippen molar-refractivity contribution in [2.45, 2.75) is 33.2 Å². The van der Waals surface area contributed by atoms with Crippen molar-refractivity contribution in [2.75, 3.05) is 46.4 Å². The monoisotopic (exact) mass is 398 g/mol. The average molecular weight is 398 g/mol. The van der Waals surface area contributed by atoms with Gasteiger partial charge in [0.2, 0.25) is 0 Å². The van der Waals surface area contributed by atoms with E-state index in [1.54, 1.807) is 0 Å². The van der Waals surface area contributed by atoms with Crippen LogP contribution in [-0.2, 0) is 4.74 Å². The van der Waals surface area contributed by atoms with Crippen LogP contribution in [0.5, 0.6) is 0 Å². The zero-order chi connectivity index (χ0) is 14.1. The summed E-state index contributed by atoms with van der Waals surface area (Å²) in [6.07, 6.45) is 1.10. The van der Waals surface area contributed by atoms with Crippen molar-refractivity contribution < 1.29 is 4.74 Å². The molecule has 2 atom stereocenters. The van der Waals surface area contributed by atoms with Gasteiger partial charge in [0.1, 0.15) is 0 Å². The van der Waals surface area contributed by atoms with Crippen LogP contribution >= 0.6 is 24.0 Å². The third-order valence-corrected chi connectivity index (χ3v) is 3.51. The normalized spacial score (nSPS) is 19.9. The first-order chi connectivity index (χ1) is 9.15. The Morgan fingerprint density at radius 1 is 1.30 bits per heavy atom. The van der Waals surface area contributed by atoms with Gasteiger partial charge in [-0.3, -0.25) is 9.89 Å². The molecule has 1 heterocycles. The van der Waals surface area contributed by atoms with Gasteiger partial charge in [0.15, 0.2) is 5.96 Å². The Bertz CT molecular complexity index is 270. The van der Waals surface area contributed by atoms with Gasteiger partial charge in [-0.05, 0) is 19.3 Å². The summed E-state index contributed by atoms with van der Waals surface area (Å²) >= 11 is 0. The number of ether oxygens (including phenoxy) is 1. The molecule has 0 aromatic rings. The Morgan fingerprint density at radius 2 is 1.95 bits per heavy atom. The third kappa shape index (κ3) is 8.26. The second kappa shape index (κ2) is 11.6. The molecule has 0 aromatic carbocycles. The van der Waals surface area contributed by atoms with Crippen molar-refractivity contribution in [1.29, 1.82) is 0 Å². The van der Waals surface area contributed by atoms with Crippen molar-refractivity contribution in [1.82, 2.24) is 15.5 Å². The predicted molar refractivity (Wildman–Crippen MR) is 96.1 cm³/mol. The first kappa shape index (κ1) is 19.9. The van der Waals surface area contributed by atoms with Crippen molar-refractivity contribution in [3.8, 4) is 0 Å². The number of guanidine groups is 1. The van der Waals surface area contributed by atoms with Crippen molar-refractivity contribution in [3.05, 3.63) is 0 Å². The highest BCUT2D eigenvalue weighted by Crippen LogP contribution is 2.02. The number of hydrogen-bond acceptors (Lipinski definition) is 3. The summed E-state index contributed by atoms with van der Waals surface area (Å²) in [5, 5.41) is 6.79. The molecule has 0 amide bonds. The van der Waals surface area contributed by atoms with Crippen LogP contribution in [0.2, 0.25) is 0 Å². The van der Waals surface area contributed by atoms with E-state index in [9.17, 15) is 0 Å². The number of morpholine rings is 1. The van der Waals surface area contributed by atoms with E-state index in [4.69, 9.17) is 4.74 Å². The maximum atomic E-state index is 5.37. The highest BCUT2D eigenvalue weighted by atomic mass is 127. The molecular formula is C14H31IN4O. The molecule has 0 aliphatic carbocycles. The molecule has 2 N–H and O–H groups in total. The van der Waals surface area contributed by atoms with E-state index in [0.29, 0.717) is 12.0 Å². The Labute approximate surface area is 140 Å². The average Bonchev–Trinajstić information content (AvgIpc) is 2.44. The summed E-state index contributed by atoms with van der Waals surface area (Å²) in [6, 6.07) is 0.459. The number of hydrogen-bond donors (Lipinski definition) is 2. The summed E-state index contributed by atoms with van der Waals surface area (Å²) in [4.78, 5) is 6.73. The van der Waals surface area contributed by atoms with E-state index in [1.807, 2.05) is 7.05 Å². The molecule has 1 saturated heterocycles. The maximum Gasteiger partial charge on any atom is 0.191 e. The van der Waals surface area contributed by atoms with Crippen LogP contribution in [0.3, 0.4) is 0 Å². The smallest absolute Gasteiger partial charge is 0.191 e. The van der Waals surface area contributed by atoms with Crippen molar-refractivity contribution in [3.63, 3.8) is 0 Å². The standard InChI is InChI=1S/C14H30N4O.HI/c1-5-13(3)17-14(15-4)16-10-12(2)11-18-6-8-19-9-7-18;/h12-13H,5-11H2,1-4H3,(H2,15,16,17);1H. The molecule has 1 rings (SSSR count). The fraction of sp³-hybridized carbons (Fsp3) is 0.929. The fourth-order valence-corrected chi connectivity index (χ4v) is 2.09. The molecule has 6 heteroatoms. The quantitative estimate of drug-likeness (QED) is 0.405. The van der Waals surface area contributed by atoms with Gasteiger partial charge in [-0.1, -0.05) is 13.8 Å². The summed E-state index contributed by atoms with van der Waals surface area (Å²) in [5.41, 5.74) is 0. The predicted octanol–water partition coefficient (Wildman–Crippen LogP) is 1.54. The van der Waals surface area contributed by atoms with Crippen molar-refractivity contribution in [2.24, 2.45) is 10.9 Å². The molecule has 0 bridgehead atoms. The van der Waals surface area contributed by atoms with Gasteiger partial charge in [0, 0.05) is 39.3 Å². The molecule has 1 aliphatic rings. The highest BCUT2D eigenvalue weighted by molar-refractivity contribution is 14.0. The first-order valence-electron chi connectivity index (χ1n) is 7.43. The maximum absolute atomic E-state index is 5.37. The second-order valence-electron chi connectivity index (χ2n) is 5.42. The van der Waals surface area contributed by atoms with Crippen LogP contribution in [0.25, 0.3) is 0 Å². The topological polar surface area (TPSA) is 48.9 Å². The molecule has 0 spiro atoms. The largest absolute Gasteiger partial charge is 0.379 e. The number of halogens is 1. The summed E-state index contributed by atoms with van der Waals surface area (Å²) in [7, 11) is 1.82. The van der Waals surface area contributed by atoms with E-state index in [2.05, 4.69) is 41.3 Å². The van der Waals surface area contributed by atoms with E-state index in [0.717, 1.165) is 51.8 Å². The van der Waals surface area contributed by atoms with Crippen LogP contribution in [0, 0.1) is 5.92 Å². The minimum atomic E-state index is 0. The van der Waals surface area contributed by atoms with Crippen LogP contribution in [0.15, 0.2) is 4.99 Å². The summed E-state index contributed by atoms with van der Waals surface area (Å²) in [6.45, 7) is 12.6. The lowest BCUT2D eigenvalue weighted by atomic mass is 10.1. The fourth-order valence-electron chi connectivity index (χ4n) is 2.09. The van der Waals surface area contributed by atoms with E-state index in [-0.39, 0.29) is 24.0 Å². The molecule has 0 saturated carbocycles. The Morgan fingerprint density at radius 3 is 2.50 bits per heavy atom. The Hall–Kier alpha value is -0.0800. The molecule has 120 valence electrons. The molecular weight excluding hydrogens is 367 g/mol. The van der Waals surface area contributed by atoms with Gasteiger partial charge >= 0.3 is 0 Å². The SMILES string of the molecule is CCC(C)NC(=NC)NCC(C)CN1CCOCC1.I. The van der Waals surface area contributed by atoms with Gasteiger partial charge in [-0.25, -0.2) is 0 Å².